The van der Waals surface area contributed by atoms with Gasteiger partial charge in [0.1, 0.15) is 11.9 Å². The van der Waals surface area contributed by atoms with Crippen LogP contribution in [-0.4, -0.2) is 15.0 Å². The van der Waals surface area contributed by atoms with Gasteiger partial charge in [0.2, 0.25) is 5.71 Å². The van der Waals surface area contributed by atoms with Crippen molar-refractivity contribution in [1.29, 1.82) is 0 Å². The lowest BCUT2D eigenvalue weighted by molar-refractivity contribution is 0.653. The fraction of sp³-hybridized carbons (Fsp3) is 0. The highest BCUT2D eigenvalue weighted by atomic mass is 16.3. The van der Waals surface area contributed by atoms with Gasteiger partial charge in [0.05, 0.1) is 5.39 Å². The molecule has 0 aliphatic carbocycles. The average Bonchev–Trinajstić information content (AvgIpc) is 2.73. The Morgan fingerprint density at radius 3 is 2.94 bits per heavy atom. The summed E-state index contributed by atoms with van der Waals surface area (Å²) >= 11 is 0. The number of furan rings is 1. The molecule has 0 saturated heterocycles. The molecule has 80 valence electrons. The number of rotatable bonds is 0. The smallest absolute Gasteiger partial charge is 0.230 e. The first-order chi connectivity index (χ1) is 8.42. The van der Waals surface area contributed by atoms with Crippen LogP contribution in [0.3, 0.4) is 0 Å². The fourth-order valence-corrected chi connectivity index (χ4v) is 2.10. The van der Waals surface area contributed by atoms with Crippen molar-refractivity contribution in [1.82, 2.24) is 15.0 Å². The summed E-state index contributed by atoms with van der Waals surface area (Å²) in [6, 6.07) is 6.05. The number of benzene rings is 1. The second-order valence-electron chi connectivity index (χ2n) is 3.91. The lowest BCUT2D eigenvalue weighted by Crippen LogP contribution is -1.76. The molecule has 4 rings (SSSR count). The van der Waals surface area contributed by atoms with Crippen molar-refractivity contribution in [3.63, 3.8) is 0 Å². The maximum atomic E-state index is 5.68. The van der Waals surface area contributed by atoms with Crippen molar-refractivity contribution in [3.05, 3.63) is 43.1 Å². The first-order valence-corrected chi connectivity index (χ1v) is 5.28. The largest absolute Gasteiger partial charge is 0.438 e. The summed E-state index contributed by atoms with van der Waals surface area (Å²) in [4.78, 5) is 12.3. The Bertz CT molecular complexity index is 845. The van der Waals surface area contributed by atoms with Crippen LogP contribution in [0, 0.1) is 0 Å². The Hall–Kier alpha value is -2.49. The molecule has 0 N–H and O–H groups in total. The van der Waals surface area contributed by atoms with Crippen molar-refractivity contribution in [2.45, 2.75) is 0 Å². The Labute approximate surface area is 95.9 Å². The zero-order valence-corrected chi connectivity index (χ0v) is 8.79. The first-order valence-electron chi connectivity index (χ1n) is 5.28. The minimum absolute atomic E-state index is 0.623. The molecule has 0 fully saturated rings. The van der Waals surface area contributed by atoms with E-state index in [2.05, 4.69) is 21.0 Å². The molecule has 0 atom stereocenters. The van der Waals surface area contributed by atoms with Gasteiger partial charge in [0, 0.05) is 29.4 Å². The lowest BCUT2D eigenvalue weighted by atomic mass is 10.1. The van der Waals surface area contributed by atoms with Crippen LogP contribution >= 0.6 is 0 Å². The minimum Gasteiger partial charge on any atom is -0.438 e. The monoisotopic (exact) mass is 221 g/mol. The van der Waals surface area contributed by atoms with Gasteiger partial charge in [-0.3, -0.25) is 4.98 Å². The molecule has 0 spiro atoms. The van der Waals surface area contributed by atoms with Crippen LogP contribution in [0.2, 0.25) is 0 Å². The van der Waals surface area contributed by atoms with Crippen molar-refractivity contribution < 1.29 is 4.42 Å². The van der Waals surface area contributed by atoms with Crippen LogP contribution in [0.4, 0.5) is 0 Å². The molecule has 0 saturated carbocycles. The van der Waals surface area contributed by atoms with E-state index in [1.165, 1.54) is 6.33 Å². The number of aromatic nitrogens is 3. The number of fused-ring (bicyclic) bond motifs is 4. The standard InChI is InChI=1S/C13H7N3O/c1-2-14-5-9-4-12-10(3-8(1)9)11-6-15-7-16-13(11)17-12/h1-7H. The van der Waals surface area contributed by atoms with E-state index in [-0.39, 0.29) is 0 Å². The molecule has 0 amide bonds. The highest BCUT2D eigenvalue weighted by Crippen LogP contribution is 2.29. The highest BCUT2D eigenvalue weighted by molar-refractivity contribution is 6.08. The highest BCUT2D eigenvalue weighted by Gasteiger charge is 2.08. The molecule has 3 heterocycles. The summed E-state index contributed by atoms with van der Waals surface area (Å²) in [6.45, 7) is 0. The summed E-state index contributed by atoms with van der Waals surface area (Å²) < 4.78 is 5.68. The van der Waals surface area contributed by atoms with Crippen LogP contribution in [0.25, 0.3) is 32.8 Å². The van der Waals surface area contributed by atoms with E-state index in [1.807, 2.05) is 18.3 Å². The maximum Gasteiger partial charge on any atom is 0.230 e. The molecule has 4 aromatic rings. The van der Waals surface area contributed by atoms with Gasteiger partial charge in [-0.25, -0.2) is 9.97 Å². The first kappa shape index (κ1) is 8.64. The quantitative estimate of drug-likeness (QED) is 0.458. The van der Waals surface area contributed by atoms with E-state index in [1.54, 1.807) is 12.4 Å². The lowest BCUT2D eigenvalue weighted by Gasteiger charge is -1.95. The van der Waals surface area contributed by atoms with Gasteiger partial charge in [0.15, 0.2) is 0 Å². The van der Waals surface area contributed by atoms with Crippen molar-refractivity contribution >= 4 is 32.8 Å². The van der Waals surface area contributed by atoms with Gasteiger partial charge in [-0.1, -0.05) is 0 Å². The molecule has 0 bridgehead atoms. The van der Waals surface area contributed by atoms with Crippen molar-refractivity contribution in [2.75, 3.05) is 0 Å². The van der Waals surface area contributed by atoms with Crippen LogP contribution in [-0.2, 0) is 0 Å². The molecule has 0 aliphatic heterocycles. The number of hydrogen-bond donors (Lipinski definition) is 0. The molecule has 3 aromatic heterocycles. The van der Waals surface area contributed by atoms with Gasteiger partial charge < -0.3 is 4.42 Å². The van der Waals surface area contributed by atoms with Crippen molar-refractivity contribution in [3.8, 4) is 0 Å². The predicted octanol–water partition coefficient (Wildman–Crippen LogP) is 2.92. The second kappa shape index (κ2) is 3.01. The summed E-state index contributed by atoms with van der Waals surface area (Å²) in [5, 5.41) is 4.19. The fourth-order valence-electron chi connectivity index (χ4n) is 2.10. The molecule has 0 unspecified atom stereocenters. The Morgan fingerprint density at radius 1 is 0.941 bits per heavy atom. The van der Waals surface area contributed by atoms with Gasteiger partial charge in [-0.2, -0.15) is 0 Å². The summed E-state index contributed by atoms with van der Waals surface area (Å²) in [6.07, 6.45) is 6.88. The van der Waals surface area contributed by atoms with Crippen LogP contribution in [0.5, 0.6) is 0 Å². The van der Waals surface area contributed by atoms with Gasteiger partial charge >= 0.3 is 0 Å². The van der Waals surface area contributed by atoms with Crippen molar-refractivity contribution in [2.24, 2.45) is 0 Å². The SMILES string of the molecule is c1cc2cc3c(cc2cn1)oc1ncncc13. The molecule has 17 heavy (non-hydrogen) atoms. The Kier molecular flexibility index (Phi) is 1.53. The topological polar surface area (TPSA) is 51.8 Å². The van der Waals surface area contributed by atoms with Crippen LogP contribution in [0.1, 0.15) is 0 Å². The Balaban J connectivity index is 2.28. The Morgan fingerprint density at radius 2 is 1.94 bits per heavy atom. The molecular formula is C13H7N3O. The van der Waals surface area contributed by atoms with E-state index in [0.29, 0.717) is 5.71 Å². The van der Waals surface area contributed by atoms with Crippen LogP contribution < -0.4 is 0 Å². The molecule has 1 aromatic carbocycles. The summed E-state index contributed by atoms with van der Waals surface area (Å²) in [5.41, 5.74) is 1.44. The van der Waals surface area contributed by atoms with E-state index in [9.17, 15) is 0 Å². The third-order valence-electron chi connectivity index (χ3n) is 2.91. The average molecular weight is 221 g/mol. The van der Waals surface area contributed by atoms with Gasteiger partial charge in [-0.05, 0) is 23.6 Å². The number of pyridine rings is 1. The van der Waals surface area contributed by atoms with Gasteiger partial charge in [0.25, 0.3) is 0 Å². The third kappa shape index (κ3) is 1.15. The third-order valence-corrected chi connectivity index (χ3v) is 2.91. The van der Waals surface area contributed by atoms with E-state index in [4.69, 9.17) is 4.42 Å². The predicted molar refractivity (Wildman–Crippen MR) is 64.6 cm³/mol. The number of nitrogens with zero attached hydrogens (tertiary/aromatic N) is 3. The molecule has 0 radical (unpaired) electrons. The molecule has 4 heteroatoms. The van der Waals surface area contributed by atoms with E-state index in [0.717, 1.165) is 27.1 Å². The van der Waals surface area contributed by atoms with E-state index < -0.39 is 0 Å². The zero-order valence-electron chi connectivity index (χ0n) is 8.79. The molecular weight excluding hydrogens is 214 g/mol. The maximum absolute atomic E-state index is 5.68. The minimum atomic E-state index is 0.623. The normalized spacial score (nSPS) is 11.5. The number of hydrogen-bond acceptors (Lipinski definition) is 4. The molecule has 4 nitrogen and oxygen atoms in total. The summed E-state index contributed by atoms with van der Waals surface area (Å²) in [7, 11) is 0. The van der Waals surface area contributed by atoms with Gasteiger partial charge in [-0.15, -0.1) is 0 Å². The summed E-state index contributed by atoms with van der Waals surface area (Å²) in [5.74, 6) is 0. The van der Waals surface area contributed by atoms with E-state index >= 15 is 0 Å². The molecule has 0 aliphatic rings. The second-order valence-corrected chi connectivity index (χ2v) is 3.91. The van der Waals surface area contributed by atoms with Crippen LogP contribution in [0.15, 0.2) is 47.5 Å². The zero-order chi connectivity index (χ0) is 11.2.